The molecule has 2 bridgehead atoms. The number of piperidine rings is 1. The Hall–Kier alpha value is -4.12. The van der Waals surface area contributed by atoms with E-state index < -0.39 is 10.0 Å². The maximum atomic E-state index is 13.7. The quantitative estimate of drug-likeness (QED) is 0.399. The summed E-state index contributed by atoms with van der Waals surface area (Å²) in [6.07, 6.45) is 6.27. The van der Waals surface area contributed by atoms with Gasteiger partial charge in [-0.2, -0.15) is 0 Å². The Kier molecular flexibility index (Phi) is 8.24. The summed E-state index contributed by atoms with van der Waals surface area (Å²) in [4.78, 5) is 41.6. The minimum Gasteiger partial charge on any atom is -0.369 e. The van der Waals surface area contributed by atoms with Crippen LogP contribution in [0.1, 0.15) is 67.4 Å². The first-order valence-corrected chi connectivity index (χ1v) is 16.8. The Bertz CT molecular complexity index is 1730. The van der Waals surface area contributed by atoms with Crippen LogP contribution in [0.2, 0.25) is 0 Å². The first kappa shape index (κ1) is 29.9. The molecule has 2 fully saturated rings. The molecule has 10 nitrogen and oxygen atoms in total. The molecule has 44 heavy (non-hydrogen) atoms. The lowest BCUT2D eigenvalue weighted by Gasteiger charge is -2.44. The fourth-order valence-electron chi connectivity index (χ4n) is 7.08. The van der Waals surface area contributed by atoms with Gasteiger partial charge in [-0.1, -0.05) is 25.3 Å². The molecular weight excluding hydrogens is 578 g/mol. The van der Waals surface area contributed by atoms with Gasteiger partial charge in [-0.05, 0) is 73.7 Å². The molecular formula is C33H39N5O5S. The summed E-state index contributed by atoms with van der Waals surface area (Å²) in [5.74, 6) is -0.0268. The smallest absolute Gasteiger partial charge is 0.261 e. The van der Waals surface area contributed by atoms with E-state index >= 15 is 0 Å². The summed E-state index contributed by atoms with van der Waals surface area (Å²) < 4.78 is 32.0. The summed E-state index contributed by atoms with van der Waals surface area (Å²) in [5, 5.41) is 2.65. The van der Waals surface area contributed by atoms with Gasteiger partial charge >= 0.3 is 0 Å². The van der Waals surface area contributed by atoms with Gasteiger partial charge in [0, 0.05) is 68.6 Å². The number of nitrogens with one attached hydrogen (secondary N) is 2. The van der Waals surface area contributed by atoms with E-state index in [1.807, 2.05) is 23.7 Å². The van der Waals surface area contributed by atoms with Gasteiger partial charge < -0.3 is 19.7 Å². The maximum Gasteiger partial charge on any atom is 0.261 e. The largest absolute Gasteiger partial charge is 0.369 e. The zero-order chi connectivity index (χ0) is 31.0. The van der Waals surface area contributed by atoms with Crippen LogP contribution < -0.4 is 20.5 Å². The average Bonchev–Trinajstić information content (AvgIpc) is 3.01. The average molecular weight is 618 g/mol. The number of rotatable bonds is 7. The maximum absolute atomic E-state index is 13.7. The van der Waals surface area contributed by atoms with Crippen molar-refractivity contribution in [3.8, 4) is 0 Å². The number of benzene rings is 2. The molecule has 232 valence electrons. The van der Waals surface area contributed by atoms with Gasteiger partial charge in [0.15, 0.2) is 0 Å². The predicted molar refractivity (Wildman–Crippen MR) is 171 cm³/mol. The van der Waals surface area contributed by atoms with Crippen LogP contribution in [0.3, 0.4) is 0 Å². The number of amides is 2. The molecule has 1 aromatic heterocycles. The predicted octanol–water partition coefficient (Wildman–Crippen LogP) is 4.64. The summed E-state index contributed by atoms with van der Waals surface area (Å²) in [6, 6.07) is 16.8. The van der Waals surface area contributed by atoms with Crippen LogP contribution in [0.15, 0.2) is 70.4 Å². The van der Waals surface area contributed by atoms with Crippen molar-refractivity contribution in [1.82, 2.24) is 9.47 Å². The molecule has 6 rings (SSSR count). The van der Waals surface area contributed by atoms with E-state index in [1.165, 1.54) is 25.5 Å². The number of anilines is 3. The van der Waals surface area contributed by atoms with Crippen molar-refractivity contribution in [2.75, 3.05) is 35.1 Å². The number of hydrogen-bond donors (Lipinski definition) is 2. The first-order valence-electron chi connectivity index (χ1n) is 15.4. The zero-order valence-corrected chi connectivity index (χ0v) is 26.0. The van der Waals surface area contributed by atoms with Crippen LogP contribution in [0.25, 0.3) is 0 Å². The van der Waals surface area contributed by atoms with Gasteiger partial charge in [0.2, 0.25) is 5.91 Å². The van der Waals surface area contributed by atoms with Gasteiger partial charge in [0.1, 0.15) is 0 Å². The van der Waals surface area contributed by atoms with Gasteiger partial charge in [-0.3, -0.25) is 19.1 Å². The number of nitrogens with zero attached hydrogens (tertiary/aromatic N) is 3. The van der Waals surface area contributed by atoms with Gasteiger partial charge in [-0.15, -0.1) is 0 Å². The molecule has 2 atom stereocenters. The molecule has 1 aliphatic carbocycles. The number of pyridine rings is 1. The van der Waals surface area contributed by atoms with E-state index in [0.717, 1.165) is 37.8 Å². The van der Waals surface area contributed by atoms with E-state index in [2.05, 4.69) is 14.9 Å². The van der Waals surface area contributed by atoms with Crippen molar-refractivity contribution in [2.24, 2.45) is 5.92 Å². The van der Waals surface area contributed by atoms with E-state index in [1.54, 1.807) is 41.3 Å². The highest BCUT2D eigenvalue weighted by molar-refractivity contribution is 7.92. The van der Waals surface area contributed by atoms with E-state index in [0.29, 0.717) is 42.3 Å². The van der Waals surface area contributed by atoms with Crippen molar-refractivity contribution in [3.63, 3.8) is 0 Å². The Morgan fingerprint density at radius 1 is 0.932 bits per heavy atom. The molecule has 0 radical (unpaired) electrons. The van der Waals surface area contributed by atoms with Crippen molar-refractivity contribution < 1.29 is 18.0 Å². The second-order valence-corrected chi connectivity index (χ2v) is 14.0. The van der Waals surface area contributed by atoms with Gasteiger partial charge in [-0.25, -0.2) is 8.42 Å². The van der Waals surface area contributed by atoms with E-state index in [-0.39, 0.29) is 40.1 Å². The Labute approximate surface area is 258 Å². The molecule has 11 heteroatoms. The molecule has 2 aromatic carbocycles. The third-order valence-electron chi connectivity index (χ3n) is 9.24. The second kappa shape index (κ2) is 12.1. The molecule has 0 spiro atoms. The van der Waals surface area contributed by atoms with Crippen LogP contribution in [0.5, 0.6) is 0 Å². The Morgan fingerprint density at radius 3 is 2.41 bits per heavy atom. The normalized spacial score (nSPS) is 20.0. The number of fused-ring (bicyclic) bond motifs is 4. The number of carbonyl (C=O) groups is 2. The van der Waals surface area contributed by atoms with Crippen molar-refractivity contribution in [1.29, 1.82) is 0 Å². The number of hydrogen-bond acceptors (Lipinski definition) is 6. The number of aromatic nitrogens is 1. The SMILES string of the molecule is CC(=O)Nc1ccc(S(=O)(=O)Nc2cc(C(=O)N(C)C3CCCCC3)ccc2N2CC3CC(C2)c2cccc(=O)n2C3)cc1. The minimum absolute atomic E-state index is 0.00794. The molecule has 3 heterocycles. The lowest BCUT2D eigenvalue weighted by Crippen LogP contribution is -2.47. The third kappa shape index (κ3) is 6.10. The summed E-state index contributed by atoms with van der Waals surface area (Å²) in [6.45, 7) is 3.29. The van der Waals surface area contributed by atoms with Crippen molar-refractivity contribution in [2.45, 2.75) is 68.8 Å². The highest BCUT2D eigenvalue weighted by atomic mass is 32.2. The summed E-state index contributed by atoms with van der Waals surface area (Å²) >= 11 is 0. The highest BCUT2D eigenvalue weighted by Crippen LogP contribution is 2.40. The minimum atomic E-state index is -4.04. The zero-order valence-electron chi connectivity index (χ0n) is 25.2. The van der Waals surface area contributed by atoms with Gasteiger partial charge in [0.25, 0.3) is 21.5 Å². The fourth-order valence-corrected chi connectivity index (χ4v) is 8.15. The van der Waals surface area contributed by atoms with Crippen LogP contribution in [-0.2, 0) is 21.4 Å². The second-order valence-electron chi connectivity index (χ2n) is 12.4. The topological polar surface area (TPSA) is 121 Å². The van der Waals surface area contributed by atoms with Crippen molar-refractivity contribution in [3.05, 3.63) is 82.3 Å². The fraction of sp³-hybridized carbons (Fsp3) is 0.424. The molecule has 2 aliphatic heterocycles. The molecule has 2 unspecified atom stereocenters. The molecule has 2 N–H and O–H groups in total. The van der Waals surface area contributed by atoms with Crippen LogP contribution in [0, 0.1) is 5.92 Å². The van der Waals surface area contributed by atoms with E-state index in [4.69, 9.17) is 0 Å². The molecule has 3 aromatic rings. The molecule has 2 amide bonds. The first-order chi connectivity index (χ1) is 21.1. The summed E-state index contributed by atoms with van der Waals surface area (Å²) in [5.41, 5.74) is 2.96. The Balaban J connectivity index is 1.34. The highest BCUT2D eigenvalue weighted by Gasteiger charge is 2.36. The Morgan fingerprint density at radius 2 is 1.68 bits per heavy atom. The molecule has 3 aliphatic rings. The lowest BCUT2D eigenvalue weighted by molar-refractivity contribution is -0.114. The van der Waals surface area contributed by atoms with Crippen LogP contribution in [-0.4, -0.2) is 55.9 Å². The molecule has 1 saturated heterocycles. The molecule has 1 saturated carbocycles. The monoisotopic (exact) mass is 617 g/mol. The van der Waals surface area contributed by atoms with Crippen LogP contribution >= 0.6 is 0 Å². The van der Waals surface area contributed by atoms with Crippen LogP contribution in [0.4, 0.5) is 17.1 Å². The third-order valence-corrected chi connectivity index (χ3v) is 10.6. The summed E-state index contributed by atoms with van der Waals surface area (Å²) in [7, 11) is -2.20. The number of sulfonamides is 1. The van der Waals surface area contributed by atoms with E-state index in [9.17, 15) is 22.8 Å². The lowest BCUT2D eigenvalue weighted by atomic mass is 9.83. The number of carbonyl (C=O) groups excluding carboxylic acids is 2. The van der Waals surface area contributed by atoms with Gasteiger partial charge in [0.05, 0.1) is 16.3 Å². The van der Waals surface area contributed by atoms with Crippen molar-refractivity contribution >= 4 is 38.9 Å². The standard InChI is InChI=1S/C33H39N5O5S/c1-22(39)34-26-12-14-28(15-13-26)44(42,43)35-29-18-24(33(41)36(2)27-7-4-3-5-8-27)11-16-31(29)37-19-23-17-25(21-37)30-9-6-10-32(40)38(30)20-23/h6,9-16,18,23,25,27,35H,3-5,7-8,17,19-21H2,1-2H3,(H,34,39).